The van der Waals surface area contributed by atoms with Gasteiger partial charge in [-0.2, -0.15) is 0 Å². The minimum absolute atomic E-state index is 0.273. The third-order valence-electron chi connectivity index (χ3n) is 4.41. The van der Waals surface area contributed by atoms with Gasteiger partial charge in [-0.15, -0.1) is 0 Å². The van der Waals surface area contributed by atoms with E-state index in [9.17, 15) is 14.4 Å². The average Bonchev–Trinajstić information content (AvgIpc) is 2.77. The molecule has 1 N–H and O–H groups in total. The van der Waals surface area contributed by atoms with E-state index in [1.165, 1.54) is 0 Å². The third-order valence-corrected chi connectivity index (χ3v) is 4.41. The molecule has 0 spiro atoms. The quantitative estimate of drug-likeness (QED) is 0.870. The van der Waals surface area contributed by atoms with Gasteiger partial charge >= 0.3 is 6.03 Å². The van der Waals surface area contributed by atoms with Crippen LogP contribution in [0.1, 0.15) is 20.8 Å². The van der Waals surface area contributed by atoms with Crippen LogP contribution in [-0.4, -0.2) is 41.4 Å². The van der Waals surface area contributed by atoms with Crippen LogP contribution < -0.4 is 10.2 Å². The predicted octanol–water partition coefficient (Wildman–Crippen LogP) is 2.52. The number of hydrogen-bond donors (Lipinski definition) is 1. The minimum Gasteiger partial charge on any atom is -0.324 e. The van der Waals surface area contributed by atoms with Gasteiger partial charge in [-0.05, 0) is 32.2 Å². The summed E-state index contributed by atoms with van der Waals surface area (Å²) < 4.78 is 0. The van der Waals surface area contributed by atoms with E-state index in [4.69, 9.17) is 0 Å². The monoisotopic (exact) mass is 339 g/mol. The van der Waals surface area contributed by atoms with Gasteiger partial charge in [0.1, 0.15) is 12.1 Å². The van der Waals surface area contributed by atoms with Crippen LogP contribution in [0.15, 0.2) is 42.5 Å². The fourth-order valence-electron chi connectivity index (χ4n) is 3.11. The lowest BCUT2D eigenvalue weighted by Gasteiger charge is -2.25. The normalized spacial score (nSPS) is 16.2. The van der Waals surface area contributed by atoms with Crippen LogP contribution in [0.5, 0.6) is 0 Å². The van der Waals surface area contributed by atoms with Crippen molar-refractivity contribution in [3.8, 4) is 0 Å². The third kappa shape index (κ3) is 2.95. The molecule has 6 nitrogen and oxygen atoms in total. The Bertz CT molecular complexity index is 855. The molecule has 0 aliphatic carbocycles. The van der Waals surface area contributed by atoms with Crippen molar-refractivity contribution >= 4 is 34.3 Å². The molecule has 3 rings (SSSR count). The zero-order chi connectivity index (χ0) is 18.2. The van der Waals surface area contributed by atoms with Gasteiger partial charge in [0.2, 0.25) is 5.91 Å². The number of hydrogen-bond acceptors (Lipinski definition) is 3. The Morgan fingerprint density at radius 2 is 1.80 bits per heavy atom. The molecular weight excluding hydrogens is 318 g/mol. The van der Waals surface area contributed by atoms with Gasteiger partial charge in [-0.25, -0.2) is 4.79 Å². The van der Waals surface area contributed by atoms with Gasteiger partial charge in [0.15, 0.2) is 0 Å². The summed E-state index contributed by atoms with van der Waals surface area (Å²) in [6, 6.07) is 13.0. The number of likely N-dealkylation sites (N-methyl/N-ethyl adjacent to an activating group) is 1. The molecule has 1 aliphatic heterocycles. The molecule has 0 atom stereocenters. The number of imide groups is 1. The molecule has 1 heterocycles. The lowest BCUT2D eigenvalue weighted by Crippen LogP contribution is -2.44. The summed E-state index contributed by atoms with van der Waals surface area (Å²) in [5.74, 6) is -0.681. The number of carbonyl (C=O) groups is 3. The summed E-state index contributed by atoms with van der Waals surface area (Å²) in [7, 11) is 0. The number of fused-ring (bicyclic) bond motifs is 1. The molecule has 2 aromatic carbocycles. The van der Waals surface area contributed by atoms with E-state index < -0.39 is 11.6 Å². The Kier molecular flexibility index (Phi) is 4.20. The first-order chi connectivity index (χ1) is 11.8. The molecule has 0 saturated carbocycles. The van der Waals surface area contributed by atoms with Crippen LogP contribution in [0.25, 0.3) is 10.8 Å². The standard InChI is InChI=1S/C19H21N3O3/c1-4-21(15-11-7-9-13-8-5-6-10-14(13)15)16(23)12-22-17(24)19(2,3)20-18(22)25/h5-11H,4,12H2,1-3H3,(H,20,25). The largest absolute Gasteiger partial charge is 0.325 e. The van der Waals surface area contributed by atoms with Crippen molar-refractivity contribution in [1.29, 1.82) is 0 Å². The van der Waals surface area contributed by atoms with E-state index in [-0.39, 0.29) is 18.4 Å². The van der Waals surface area contributed by atoms with Gasteiger partial charge in [-0.1, -0.05) is 36.4 Å². The second-order valence-corrected chi connectivity index (χ2v) is 6.58. The Hall–Kier alpha value is -2.89. The highest BCUT2D eigenvalue weighted by Gasteiger charge is 2.45. The Labute approximate surface area is 146 Å². The summed E-state index contributed by atoms with van der Waals surface area (Å²) >= 11 is 0. The molecule has 2 aromatic rings. The van der Waals surface area contributed by atoms with E-state index in [2.05, 4.69) is 5.32 Å². The SMILES string of the molecule is CCN(C(=O)CN1C(=O)NC(C)(C)C1=O)c1cccc2ccccc12. The maximum Gasteiger partial charge on any atom is 0.325 e. The molecule has 130 valence electrons. The number of carbonyl (C=O) groups excluding carboxylic acids is 3. The van der Waals surface area contributed by atoms with Crippen molar-refractivity contribution in [1.82, 2.24) is 10.2 Å². The van der Waals surface area contributed by atoms with Crippen molar-refractivity contribution in [2.24, 2.45) is 0 Å². The first kappa shape index (κ1) is 17.0. The van der Waals surface area contributed by atoms with Crippen LogP contribution in [0, 0.1) is 0 Å². The maximum absolute atomic E-state index is 12.8. The van der Waals surface area contributed by atoms with E-state index in [0.717, 1.165) is 21.4 Å². The molecule has 25 heavy (non-hydrogen) atoms. The van der Waals surface area contributed by atoms with Gasteiger partial charge in [0, 0.05) is 11.9 Å². The molecule has 0 bridgehead atoms. The fraction of sp³-hybridized carbons (Fsp3) is 0.316. The first-order valence-corrected chi connectivity index (χ1v) is 8.27. The van der Waals surface area contributed by atoms with Crippen LogP contribution in [-0.2, 0) is 9.59 Å². The summed E-state index contributed by atoms with van der Waals surface area (Å²) in [5.41, 5.74) is -0.203. The first-order valence-electron chi connectivity index (χ1n) is 8.27. The number of nitrogens with zero attached hydrogens (tertiary/aromatic N) is 2. The van der Waals surface area contributed by atoms with E-state index in [1.807, 2.05) is 49.4 Å². The highest BCUT2D eigenvalue weighted by Crippen LogP contribution is 2.27. The maximum atomic E-state index is 12.8. The zero-order valence-electron chi connectivity index (χ0n) is 14.6. The van der Waals surface area contributed by atoms with Crippen LogP contribution in [0.3, 0.4) is 0 Å². The molecule has 0 radical (unpaired) electrons. The van der Waals surface area contributed by atoms with Crippen LogP contribution in [0.2, 0.25) is 0 Å². The van der Waals surface area contributed by atoms with Crippen molar-refractivity contribution in [2.45, 2.75) is 26.3 Å². The van der Waals surface area contributed by atoms with Crippen LogP contribution in [0.4, 0.5) is 10.5 Å². The summed E-state index contributed by atoms with van der Waals surface area (Å²) in [5, 5.41) is 4.58. The van der Waals surface area contributed by atoms with Crippen molar-refractivity contribution in [3.63, 3.8) is 0 Å². The number of amides is 4. The molecule has 6 heteroatoms. The Morgan fingerprint density at radius 1 is 1.12 bits per heavy atom. The second kappa shape index (κ2) is 6.20. The zero-order valence-corrected chi connectivity index (χ0v) is 14.6. The number of urea groups is 1. The highest BCUT2D eigenvalue weighted by atomic mass is 16.2. The lowest BCUT2D eigenvalue weighted by molar-refractivity contribution is -0.133. The molecule has 4 amide bonds. The van der Waals surface area contributed by atoms with Gasteiger partial charge < -0.3 is 10.2 Å². The topological polar surface area (TPSA) is 69.7 Å². The smallest absolute Gasteiger partial charge is 0.324 e. The number of anilines is 1. The highest BCUT2D eigenvalue weighted by molar-refractivity contribution is 6.11. The van der Waals surface area contributed by atoms with Gasteiger partial charge in [-0.3, -0.25) is 14.5 Å². The number of nitrogens with one attached hydrogen (secondary N) is 1. The lowest BCUT2D eigenvalue weighted by atomic mass is 10.1. The molecule has 1 fully saturated rings. The summed E-state index contributed by atoms with van der Waals surface area (Å²) in [6.07, 6.45) is 0. The molecule has 1 saturated heterocycles. The summed E-state index contributed by atoms with van der Waals surface area (Å²) in [6.45, 7) is 5.29. The van der Waals surface area contributed by atoms with E-state index in [1.54, 1.807) is 18.7 Å². The molecule has 0 aromatic heterocycles. The van der Waals surface area contributed by atoms with Crippen LogP contribution >= 0.6 is 0 Å². The van der Waals surface area contributed by atoms with Crippen molar-refractivity contribution < 1.29 is 14.4 Å². The van der Waals surface area contributed by atoms with Crippen molar-refractivity contribution in [3.05, 3.63) is 42.5 Å². The Morgan fingerprint density at radius 3 is 2.44 bits per heavy atom. The average molecular weight is 339 g/mol. The predicted molar refractivity (Wildman–Crippen MR) is 96.3 cm³/mol. The summed E-state index contributed by atoms with van der Waals surface area (Å²) in [4.78, 5) is 39.7. The van der Waals surface area contributed by atoms with Gasteiger partial charge in [0.05, 0.1) is 5.69 Å². The number of rotatable bonds is 4. The molecular formula is C19H21N3O3. The number of benzene rings is 2. The van der Waals surface area contributed by atoms with E-state index >= 15 is 0 Å². The Balaban J connectivity index is 1.90. The molecule has 0 unspecified atom stereocenters. The second-order valence-electron chi connectivity index (χ2n) is 6.58. The van der Waals surface area contributed by atoms with E-state index in [0.29, 0.717) is 6.54 Å². The van der Waals surface area contributed by atoms with Crippen molar-refractivity contribution in [2.75, 3.05) is 18.0 Å². The molecule has 1 aliphatic rings. The van der Waals surface area contributed by atoms with Gasteiger partial charge in [0.25, 0.3) is 5.91 Å². The minimum atomic E-state index is -0.978. The fourth-order valence-corrected chi connectivity index (χ4v) is 3.11.